The summed E-state index contributed by atoms with van der Waals surface area (Å²) < 4.78 is 60.5. The lowest BCUT2D eigenvalue weighted by Crippen LogP contribution is -2.41. The van der Waals surface area contributed by atoms with Crippen molar-refractivity contribution in [3.63, 3.8) is 0 Å². The number of amides is 1. The Bertz CT molecular complexity index is 1140. The van der Waals surface area contributed by atoms with Gasteiger partial charge in [0, 0.05) is 0 Å². The van der Waals surface area contributed by atoms with Crippen LogP contribution in [0.4, 0.5) is 10.1 Å². The number of rotatable bonds is 5. The molecule has 0 unspecified atom stereocenters. The number of halogens is 1. The summed E-state index contributed by atoms with van der Waals surface area (Å²) in [4.78, 5) is 11.7. The number of carbonyl (C=O) groups is 1. The van der Waals surface area contributed by atoms with Crippen molar-refractivity contribution in [2.45, 2.75) is 45.5 Å². The molecule has 2 aliphatic heterocycles. The largest absolute Gasteiger partial charge is 0.495 e. The highest BCUT2D eigenvalue weighted by atomic mass is 32.2. The van der Waals surface area contributed by atoms with Crippen LogP contribution in [-0.2, 0) is 30.9 Å². The summed E-state index contributed by atoms with van der Waals surface area (Å²) >= 11 is 0. The van der Waals surface area contributed by atoms with Gasteiger partial charge in [0.15, 0.2) is 5.82 Å². The summed E-state index contributed by atoms with van der Waals surface area (Å²) in [6, 6.07) is 11.8. The van der Waals surface area contributed by atoms with Crippen molar-refractivity contribution in [1.29, 1.82) is 0 Å². The summed E-state index contributed by atoms with van der Waals surface area (Å²) in [5.74, 6) is -1.67. The average Bonchev–Trinajstić information content (AvgIpc) is 3.09. The maximum absolute atomic E-state index is 15.4. The second-order valence-electron chi connectivity index (χ2n) is 8.75. The molecule has 2 saturated heterocycles. The minimum atomic E-state index is -4.24. The van der Waals surface area contributed by atoms with Crippen molar-refractivity contribution in [2.24, 2.45) is 0 Å². The van der Waals surface area contributed by atoms with Gasteiger partial charge in [-0.25, -0.2) is 13.4 Å². The van der Waals surface area contributed by atoms with E-state index in [2.05, 4.69) is 0 Å². The molecule has 4 rings (SSSR count). The Morgan fingerprint density at radius 2 is 1.75 bits per heavy atom. The van der Waals surface area contributed by atoms with Gasteiger partial charge in [-0.05, 0) is 50.9 Å². The Labute approximate surface area is 187 Å². The maximum atomic E-state index is 15.4. The topological polar surface area (TPSA) is 94.2 Å². The van der Waals surface area contributed by atoms with Crippen LogP contribution < -0.4 is 19.2 Å². The molecule has 1 amide bonds. The first kappa shape index (κ1) is 22.6. The number of nitrogens with one attached hydrogen (secondary N) is 1. The molecular weight excluding hydrogens is 438 g/mol. The lowest BCUT2D eigenvalue weighted by atomic mass is 9.78. The van der Waals surface area contributed by atoms with E-state index in [9.17, 15) is 13.2 Å². The molecular formula is C21H24BFN2O6S. The Morgan fingerprint density at radius 1 is 1.12 bits per heavy atom. The average molecular weight is 462 g/mol. The standard InChI is InChI=1S/C21H24BFN2O6S/c1-20(2)21(3,4)31-22(30-20)15-10-16(23)19(25-12-18(26)24-32(25,27)28)17(11-15)29-13-14-8-6-5-7-9-14/h5-11H,12-13H2,1-4H3,(H,24,26). The summed E-state index contributed by atoms with van der Waals surface area (Å²) in [6.45, 7) is 7.01. The van der Waals surface area contributed by atoms with Crippen molar-refractivity contribution < 1.29 is 31.6 Å². The number of ether oxygens (including phenoxy) is 1. The molecule has 2 aliphatic rings. The van der Waals surface area contributed by atoms with Crippen molar-refractivity contribution in [1.82, 2.24) is 4.72 Å². The molecule has 8 nitrogen and oxygen atoms in total. The predicted molar refractivity (Wildman–Crippen MR) is 117 cm³/mol. The van der Waals surface area contributed by atoms with Gasteiger partial charge in [-0.2, -0.15) is 8.42 Å². The number of benzene rings is 2. The van der Waals surface area contributed by atoms with Crippen LogP contribution in [0.5, 0.6) is 5.75 Å². The molecule has 1 N–H and O–H groups in total. The van der Waals surface area contributed by atoms with E-state index < -0.39 is 46.8 Å². The number of hydrogen-bond acceptors (Lipinski definition) is 6. The fourth-order valence-electron chi connectivity index (χ4n) is 3.44. The molecule has 11 heteroatoms. The number of carbonyl (C=O) groups excluding carboxylic acids is 1. The maximum Gasteiger partial charge on any atom is 0.495 e. The second-order valence-corrected chi connectivity index (χ2v) is 10.3. The quantitative estimate of drug-likeness (QED) is 0.683. The lowest BCUT2D eigenvalue weighted by molar-refractivity contribution is -0.117. The summed E-state index contributed by atoms with van der Waals surface area (Å²) in [5, 5.41) is 0. The first-order valence-electron chi connectivity index (χ1n) is 10.1. The van der Waals surface area contributed by atoms with Gasteiger partial charge in [-0.15, -0.1) is 0 Å². The zero-order valence-electron chi connectivity index (χ0n) is 18.2. The number of hydrogen-bond donors (Lipinski definition) is 1. The molecule has 170 valence electrons. The molecule has 2 heterocycles. The van der Waals surface area contributed by atoms with E-state index in [1.807, 2.05) is 62.7 Å². The molecule has 0 aliphatic carbocycles. The molecule has 2 fully saturated rings. The van der Waals surface area contributed by atoms with Gasteiger partial charge in [-0.3, -0.25) is 4.79 Å². The highest BCUT2D eigenvalue weighted by Crippen LogP contribution is 2.39. The Kier molecular flexibility index (Phi) is 5.47. The Hall–Kier alpha value is -2.63. The van der Waals surface area contributed by atoms with Crippen molar-refractivity contribution in [3.8, 4) is 5.75 Å². The number of nitrogens with zero attached hydrogens (tertiary/aromatic N) is 1. The molecule has 2 aromatic carbocycles. The lowest BCUT2D eigenvalue weighted by Gasteiger charge is -2.32. The van der Waals surface area contributed by atoms with Gasteiger partial charge in [0.25, 0.3) is 5.91 Å². The normalized spacial score (nSPS) is 21.0. The summed E-state index contributed by atoms with van der Waals surface area (Å²) in [7, 11) is -5.11. The first-order chi connectivity index (χ1) is 14.9. The fourth-order valence-corrected chi connectivity index (χ4v) is 4.61. The van der Waals surface area contributed by atoms with Gasteiger partial charge in [0.05, 0.1) is 11.2 Å². The van der Waals surface area contributed by atoms with E-state index in [1.165, 1.54) is 6.07 Å². The summed E-state index contributed by atoms with van der Waals surface area (Å²) in [5.41, 5.74) is -0.499. The van der Waals surface area contributed by atoms with Crippen LogP contribution in [0.15, 0.2) is 42.5 Å². The predicted octanol–water partition coefficient (Wildman–Crippen LogP) is 1.88. The van der Waals surface area contributed by atoms with Crippen LogP contribution >= 0.6 is 0 Å². The zero-order valence-corrected chi connectivity index (χ0v) is 19.0. The van der Waals surface area contributed by atoms with Crippen molar-refractivity contribution >= 4 is 34.4 Å². The third kappa shape index (κ3) is 4.07. The Balaban J connectivity index is 1.75. The third-order valence-corrected chi connectivity index (χ3v) is 7.26. The zero-order chi connectivity index (χ0) is 23.3. The van der Waals surface area contributed by atoms with Crippen LogP contribution in [0.2, 0.25) is 0 Å². The minimum Gasteiger partial charge on any atom is -0.487 e. The molecule has 2 aromatic rings. The molecule has 0 radical (unpaired) electrons. The summed E-state index contributed by atoms with van der Waals surface area (Å²) in [6.07, 6.45) is 0. The van der Waals surface area contributed by atoms with E-state index in [0.29, 0.717) is 9.77 Å². The monoisotopic (exact) mass is 462 g/mol. The highest BCUT2D eigenvalue weighted by molar-refractivity contribution is 7.92. The van der Waals surface area contributed by atoms with Crippen LogP contribution in [0.1, 0.15) is 33.3 Å². The van der Waals surface area contributed by atoms with E-state index in [0.717, 1.165) is 11.6 Å². The van der Waals surface area contributed by atoms with Crippen molar-refractivity contribution in [2.75, 3.05) is 10.8 Å². The van der Waals surface area contributed by atoms with Gasteiger partial charge < -0.3 is 14.0 Å². The molecule has 32 heavy (non-hydrogen) atoms. The molecule has 0 saturated carbocycles. The van der Waals surface area contributed by atoms with E-state index in [1.54, 1.807) is 0 Å². The smallest absolute Gasteiger partial charge is 0.487 e. The van der Waals surface area contributed by atoms with Crippen LogP contribution in [0.3, 0.4) is 0 Å². The molecule has 0 bridgehead atoms. The SMILES string of the molecule is CC1(C)OB(c2cc(F)c(N3CC(=O)NS3(=O)=O)c(OCc3ccccc3)c2)OC1(C)C. The second kappa shape index (κ2) is 7.75. The van der Waals surface area contributed by atoms with E-state index >= 15 is 4.39 Å². The third-order valence-electron chi connectivity index (χ3n) is 5.88. The Morgan fingerprint density at radius 3 is 2.31 bits per heavy atom. The molecule has 0 atom stereocenters. The van der Waals surface area contributed by atoms with Gasteiger partial charge >= 0.3 is 17.3 Å². The van der Waals surface area contributed by atoms with Gasteiger partial charge in [0.1, 0.15) is 24.6 Å². The van der Waals surface area contributed by atoms with Crippen LogP contribution in [0.25, 0.3) is 0 Å². The molecule has 0 aromatic heterocycles. The fraction of sp³-hybridized carbons (Fsp3) is 0.381. The van der Waals surface area contributed by atoms with Gasteiger partial charge in [-0.1, -0.05) is 30.3 Å². The van der Waals surface area contributed by atoms with Crippen LogP contribution in [-0.4, -0.2) is 39.2 Å². The molecule has 0 spiro atoms. The minimum absolute atomic E-state index is 0.0429. The van der Waals surface area contributed by atoms with E-state index in [-0.39, 0.29) is 18.0 Å². The van der Waals surface area contributed by atoms with Crippen LogP contribution in [0, 0.1) is 5.82 Å². The van der Waals surface area contributed by atoms with Gasteiger partial charge in [0.2, 0.25) is 0 Å². The van der Waals surface area contributed by atoms with Crippen molar-refractivity contribution in [3.05, 3.63) is 53.8 Å². The highest BCUT2D eigenvalue weighted by Gasteiger charge is 2.52. The van der Waals surface area contributed by atoms with E-state index in [4.69, 9.17) is 14.0 Å². The number of anilines is 1. The first-order valence-corrected chi connectivity index (χ1v) is 11.5.